The van der Waals surface area contributed by atoms with Crippen LogP contribution in [0, 0.1) is 5.41 Å². The summed E-state index contributed by atoms with van der Waals surface area (Å²) in [6, 6.07) is 26.0. The quantitative estimate of drug-likeness (QED) is 0.599. The number of methoxy groups -OCH3 is 1. The summed E-state index contributed by atoms with van der Waals surface area (Å²) in [5.74, 6) is 0.889. The second-order valence-electron chi connectivity index (χ2n) is 8.66. The van der Waals surface area contributed by atoms with Crippen molar-refractivity contribution in [1.82, 2.24) is 10.2 Å². The Balaban J connectivity index is 1.50. The first-order valence-electron chi connectivity index (χ1n) is 11.3. The van der Waals surface area contributed by atoms with Crippen LogP contribution in [0.5, 0.6) is 5.75 Å². The summed E-state index contributed by atoms with van der Waals surface area (Å²) >= 11 is 0. The molecule has 5 nitrogen and oxygen atoms in total. The number of hydrogen-bond acceptors (Lipinski definition) is 3. The number of amides is 2. The van der Waals surface area contributed by atoms with Crippen LogP contribution in [0.3, 0.4) is 0 Å². The highest BCUT2D eigenvalue weighted by atomic mass is 16.5. The predicted octanol–water partition coefficient (Wildman–Crippen LogP) is 4.11. The van der Waals surface area contributed by atoms with Crippen LogP contribution >= 0.6 is 0 Å². The van der Waals surface area contributed by atoms with Crippen LogP contribution in [0.2, 0.25) is 0 Å². The number of nitrogens with one attached hydrogen (secondary N) is 1. The standard InChI is InChI=1S/C28H30N2O3/c1-29-27(32)28(16-17-30(20-28)26(31)18-21-8-4-3-5-9-21)19-22-12-14-23(15-13-22)24-10-6-7-11-25(24)33-2/h3-15H,16-20H2,1-2H3,(H,29,32)/t28-/m1/s1. The van der Waals surface area contributed by atoms with Crippen molar-refractivity contribution in [2.75, 3.05) is 27.2 Å². The van der Waals surface area contributed by atoms with Crippen LogP contribution in [-0.2, 0) is 22.4 Å². The van der Waals surface area contributed by atoms with Gasteiger partial charge in [0.25, 0.3) is 0 Å². The highest BCUT2D eigenvalue weighted by molar-refractivity contribution is 5.86. The lowest BCUT2D eigenvalue weighted by atomic mass is 9.79. The molecule has 2 amide bonds. The highest BCUT2D eigenvalue weighted by Gasteiger charge is 2.45. The summed E-state index contributed by atoms with van der Waals surface area (Å²) in [6.45, 7) is 1.03. The molecule has 1 aliphatic heterocycles. The zero-order chi connectivity index (χ0) is 23.3. The number of benzene rings is 3. The number of rotatable bonds is 7. The van der Waals surface area contributed by atoms with Crippen molar-refractivity contribution in [2.24, 2.45) is 5.41 Å². The molecule has 33 heavy (non-hydrogen) atoms. The van der Waals surface area contributed by atoms with E-state index in [4.69, 9.17) is 4.74 Å². The Morgan fingerprint density at radius 3 is 2.33 bits per heavy atom. The van der Waals surface area contributed by atoms with Crippen molar-refractivity contribution in [2.45, 2.75) is 19.3 Å². The van der Waals surface area contributed by atoms with E-state index in [-0.39, 0.29) is 11.8 Å². The van der Waals surface area contributed by atoms with Crippen LogP contribution < -0.4 is 10.1 Å². The summed E-state index contributed by atoms with van der Waals surface area (Å²) in [5, 5.41) is 2.84. The maximum Gasteiger partial charge on any atom is 0.228 e. The molecule has 1 fully saturated rings. The first-order valence-corrected chi connectivity index (χ1v) is 11.3. The average Bonchev–Trinajstić information content (AvgIpc) is 3.30. The van der Waals surface area contributed by atoms with Crippen LogP contribution in [-0.4, -0.2) is 44.0 Å². The summed E-state index contributed by atoms with van der Waals surface area (Å²) in [4.78, 5) is 27.7. The van der Waals surface area contributed by atoms with E-state index < -0.39 is 5.41 Å². The second kappa shape index (κ2) is 9.90. The van der Waals surface area contributed by atoms with Gasteiger partial charge in [0.1, 0.15) is 5.75 Å². The molecule has 170 valence electrons. The molecule has 1 aliphatic rings. The molecule has 5 heteroatoms. The molecule has 0 aromatic heterocycles. The minimum absolute atomic E-state index is 0.00804. The van der Waals surface area contributed by atoms with E-state index in [1.807, 2.05) is 59.5 Å². The fourth-order valence-corrected chi connectivity index (χ4v) is 4.72. The molecule has 1 atom stereocenters. The van der Waals surface area contributed by atoms with E-state index in [0.29, 0.717) is 32.4 Å². The minimum atomic E-state index is -0.618. The summed E-state index contributed by atoms with van der Waals surface area (Å²) in [7, 11) is 3.34. The monoisotopic (exact) mass is 442 g/mol. The maximum atomic E-state index is 13.0. The molecule has 0 spiro atoms. The van der Waals surface area contributed by atoms with Gasteiger partial charge in [0.2, 0.25) is 11.8 Å². The first-order chi connectivity index (χ1) is 16.0. The first kappa shape index (κ1) is 22.6. The maximum absolute atomic E-state index is 13.0. The van der Waals surface area contributed by atoms with E-state index in [0.717, 1.165) is 28.0 Å². The van der Waals surface area contributed by atoms with E-state index in [1.54, 1.807) is 14.2 Å². The Morgan fingerprint density at radius 2 is 1.64 bits per heavy atom. The lowest BCUT2D eigenvalue weighted by molar-refractivity contribution is -0.132. The van der Waals surface area contributed by atoms with Gasteiger partial charge >= 0.3 is 0 Å². The zero-order valence-electron chi connectivity index (χ0n) is 19.2. The molecule has 4 rings (SSSR count). The number of likely N-dealkylation sites (tertiary alicyclic amines) is 1. The van der Waals surface area contributed by atoms with Crippen molar-refractivity contribution in [3.05, 3.63) is 90.0 Å². The van der Waals surface area contributed by atoms with E-state index >= 15 is 0 Å². The Kier molecular flexibility index (Phi) is 6.78. The van der Waals surface area contributed by atoms with Gasteiger partial charge in [0.05, 0.1) is 18.9 Å². The molecule has 0 bridgehead atoms. The van der Waals surface area contributed by atoms with Crippen LogP contribution in [0.15, 0.2) is 78.9 Å². The number of carbonyl (C=O) groups excluding carboxylic acids is 2. The molecule has 0 saturated carbocycles. The van der Waals surface area contributed by atoms with Gasteiger partial charge in [-0.05, 0) is 35.6 Å². The second-order valence-corrected chi connectivity index (χ2v) is 8.66. The Hall–Kier alpha value is -3.60. The van der Waals surface area contributed by atoms with Gasteiger partial charge in [-0.25, -0.2) is 0 Å². The van der Waals surface area contributed by atoms with Crippen LogP contribution in [0.4, 0.5) is 0 Å². The van der Waals surface area contributed by atoms with Crippen molar-refractivity contribution >= 4 is 11.8 Å². The fraction of sp³-hybridized carbons (Fsp3) is 0.286. The van der Waals surface area contributed by atoms with Gasteiger partial charge in [-0.15, -0.1) is 0 Å². The normalized spacial score (nSPS) is 17.6. The summed E-state index contributed by atoms with van der Waals surface area (Å²) in [6.07, 6.45) is 1.60. The third-order valence-electron chi connectivity index (χ3n) is 6.53. The van der Waals surface area contributed by atoms with Gasteiger partial charge in [0, 0.05) is 25.7 Å². The van der Waals surface area contributed by atoms with Crippen molar-refractivity contribution in [3.8, 4) is 16.9 Å². The third kappa shape index (κ3) is 4.92. The molecule has 1 saturated heterocycles. The number of ether oxygens (including phenoxy) is 1. The van der Waals surface area contributed by atoms with Crippen molar-refractivity contribution in [1.29, 1.82) is 0 Å². The topological polar surface area (TPSA) is 58.6 Å². The molecular weight excluding hydrogens is 412 g/mol. The van der Waals surface area contributed by atoms with Crippen molar-refractivity contribution < 1.29 is 14.3 Å². The van der Waals surface area contributed by atoms with Crippen LogP contribution in [0.1, 0.15) is 17.5 Å². The molecule has 0 radical (unpaired) electrons. The van der Waals surface area contributed by atoms with E-state index in [1.165, 1.54) is 0 Å². The van der Waals surface area contributed by atoms with Gasteiger partial charge in [-0.1, -0.05) is 72.8 Å². The van der Waals surface area contributed by atoms with E-state index in [9.17, 15) is 9.59 Å². The molecular formula is C28H30N2O3. The third-order valence-corrected chi connectivity index (χ3v) is 6.53. The minimum Gasteiger partial charge on any atom is -0.496 e. The average molecular weight is 443 g/mol. The molecule has 1 heterocycles. The Labute approximate surface area is 195 Å². The lowest BCUT2D eigenvalue weighted by Crippen LogP contribution is -2.44. The highest BCUT2D eigenvalue weighted by Crippen LogP contribution is 2.36. The smallest absolute Gasteiger partial charge is 0.228 e. The lowest BCUT2D eigenvalue weighted by Gasteiger charge is -2.28. The molecule has 0 unspecified atom stereocenters. The molecule has 3 aromatic rings. The molecule has 0 aliphatic carbocycles. The summed E-state index contributed by atoms with van der Waals surface area (Å²) < 4.78 is 5.49. The van der Waals surface area contributed by atoms with Gasteiger partial charge in [-0.3, -0.25) is 9.59 Å². The number of nitrogens with zero attached hydrogens (tertiary/aromatic N) is 1. The SMILES string of the molecule is CNC(=O)[C@@]1(Cc2ccc(-c3ccccc3OC)cc2)CCN(C(=O)Cc2ccccc2)C1. The Bertz CT molecular complexity index is 1110. The van der Waals surface area contributed by atoms with Crippen molar-refractivity contribution in [3.63, 3.8) is 0 Å². The number of para-hydroxylation sites is 1. The van der Waals surface area contributed by atoms with Gasteiger partial charge < -0.3 is 15.0 Å². The molecule has 3 aromatic carbocycles. The largest absolute Gasteiger partial charge is 0.496 e. The van der Waals surface area contributed by atoms with E-state index in [2.05, 4.69) is 29.6 Å². The van der Waals surface area contributed by atoms with Gasteiger partial charge in [0.15, 0.2) is 0 Å². The number of carbonyl (C=O) groups is 2. The zero-order valence-corrected chi connectivity index (χ0v) is 19.2. The molecule has 1 N–H and O–H groups in total. The fourth-order valence-electron chi connectivity index (χ4n) is 4.72. The Morgan fingerprint density at radius 1 is 0.939 bits per heavy atom. The van der Waals surface area contributed by atoms with Crippen LogP contribution in [0.25, 0.3) is 11.1 Å². The predicted molar refractivity (Wildman–Crippen MR) is 130 cm³/mol. The summed E-state index contributed by atoms with van der Waals surface area (Å²) in [5.41, 5.74) is 3.55. The number of hydrogen-bond donors (Lipinski definition) is 1. The van der Waals surface area contributed by atoms with Gasteiger partial charge in [-0.2, -0.15) is 0 Å².